The van der Waals surface area contributed by atoms with Gasteiger partial charge in [-0.2, -0.15) is 0 Å². The second-order valence-electron chi connectivity index (χ2n) is 6.44. The summed E-state index contributed by atoms with van der Waals surface area (Å²) in [5, 5.41) is 13.1. The topological polar surface area (TPSA) is 99.9 Å². The monoisotopic (exact) mass is 384 g/mol. The number of aromatic carboxylic acids is 1. The molecule has 8 heteroatoms. The zero-order valence-corrected chi connectivity index (χ0v) is 15.3. The number of nitrogens with one attached hydrogen (secondary N) is 1. The van der Waals surface area contributed by atoms with Gasteiger partial charge in [0.2, 0.25) is 0 Å². The third-order valence-electron chi connectivity index (χ3n) is 4.57. The van der Waals surface area contributed by atoms with E-state index in [1.54, 1.807) is 24.3 Å². The van der Waals surface area contributed by atoms with E-state index in [0.29, 0.717) is 23.9 Å². The second kappa shape index (κ2) is 6.64. The fourth-order valence-electron chi connectivity index (χ4n) is 3.24. The average molecular weight is 384 g/mol. The maximum Gasteiger partial charge on any atom is 0.349 e. The van der Waals surface area contributed by atoms with Gasteiger partial charge in [0.15, 0.2) is 0 Å². The molecule has 1 amide bonds. The van der Waals surface area contributed by atoms with Crippen molar-refractivity contribution < 1.29 is 19.1 Å². The number of para-hydroxylation sites is 1. The summed E-state index contributed by atoms with van der Waals surface area (Å²) in [4.78, 5) is 39.6. The van der Waals surface area contributed by atoms with Gasteiger partial charge < -0.3 is 19.7 Å². The first-order chi connectivity index (χ1) is 12.9. The Kier molecular flexibility index (Phi) is 4.29. The molecule has 3 aromatic rings. The number of carbonyl (C=O) groups is 2. The molecule has 4 rings (SSSR count). The van der Waals surface area contributed by atoms with Crippen molar-refractivity contribution in [3.8, 4) is 0 Å². The molecule has 0 unspecified atom stereocenters. The molecule has 0 saturated heterocycles. The predicted molar refractivity (Wildman–Crippen MR) is 102 cm³/mol. The summed E-state index contributed by atoms with van der Waals surface area (Å²) in [6.45, 7) is 1.39. The van der Waals surface area contributed by atoms with Gasteiger partial charge in [-0.05, 0) is 31.2 Å². The number of carbonyl (C=O) groups excluding carboxylic acids is 1. The van der Waals surface area contributed by atoms with E-state index in [0.717, 1.165) is 17.0 Å². The number of thiophene rings is 1. The molecule has 0 atom stereocenters. The molecule has 1 aliphatic rings. The van der Waals surface area contributed by atoms with Crippen LogP contribution in [0, 0.1) is 0 Å². The highest BCUT2D eigenvalue weighted by Gasteiger charge is 2.28. The van der Waals surface area contributed by atoms with Crippen molar-refractivity contribution in [2.75, 3.05) is 18.9 Å². The van der Waals surface area contributed by atoms with Gasteiger partial charge in [-0.15, -0.1) is 11.3 Å². The summed E-state index contributed by atoms with van der Waals surface area (Å²) in [6.07, 6.45) is 0.609. The average Bonchev–Trinajstić information content (AvgIpc) is 2.97. The molecular weight excluding hydrogens is 368 g/mol. The molecule has 0 radical (unpaired) electrons. The van der Waals surface area contributed by atoms with E-state index >= 15 is 0 Å². The van der Waals surface area contributed by atoms with Crippen molar-refractivity contribution in [1.82, 2.24) is 4.90 Å². The van der Waals surface area contributed by atoms with E-state index in [9.17, 15) is 19.5 Å². The number of nitrogens with zero attached hydrogens (tertiary/aromatic N) is 1. The fraction of sp³-hybridized carbons (Fsp3) is 0.211. The van der Waals surface area contributed by atoms with E-state index in [2.05, 4.69) is 10.2 Å². The highest BCUT2D eigenvalue weighted by molar-refractivity contribution is 7.17. The summed E-state index contributed by atoms with van der Waals surface area (Å²) in [5.41, 5.74) is 0.339. The zero-order valence-electron chi connectivity index (χ0n) is 14.4. The number of amides is 1. The van der Waals surface area contributed by atoms with Crippen LogP contribution in [-0.4, -0.2) is 35.5 Å². The molecular formula is C19H16N2O5S. The van der Waals surface area contributed by atoms with Gasteiger partial charge in [0.25, 0.3) is 5.91 Å². The van der Waals surface area contributed by atoms with E-state index in [4.69, 9.17) is 4.42 Å². The van der Waals surface area contributed by atoms with Crippen LogP contribution in [0.4, 0.5) is 5.00 Å². The highest BCUT2D eigenvalue weighted by atomic mass is 32.1. The summed E-state index contributed by atoms with van der Waals surface area (Å²) in [6, 6.07) is 8.34. The molecule has 3 heterocycles. The van der Waals surface area contributed by atoms with Crippen LogP contribution in [0.3, 0.4) is 0 Å². The van der Waals surface area contributed by atoms with Crippen LogP contribution in [0.15, 0.2) is 39.5 Å². The third-order valence-corrected chi connectivity index (χ3v) is 5.71. The van der Waals surface area contributed by atoms with Crippen molar-refractivity contribution in [3.05, 3.63) is 62.3 Å². The molecule has 1 aliphatic heterocycles. The number of likely N-dealkylation sites (N-methyl/N-ethyl adjacent to an activating group) is 1. The van der Waals surface area contributed by atoms with E-state index in [1.807, 2.05) is 7.05 Å². The first-order valence-corrected chi connectivity index (χ1v) is 9.16. The Morgan fingerprint density at radius 1 is 1.30 bits per heavy atom. The van der Waals surface area contributed by atoms with Gasteiger partial charge in [-0.25, -0.2) is 9.59 Å². The van der Waals surface area contributed by atoms with Crippen molar-refractivity contribution >= 4 is 39.2 Å². The highest BCUT2D eigenvalue weighted by Crippen LogP contribution is 2.37. The lowest BCUT2D eigenvalue weighted by Crippen LogP contribution is -2.26. The fourth-order valence-corrected chi connectivity index (χ4v) is 4.55. The molecule has 2 aromatic heterocycles. The van der Waals surface area contributed by atoms with Crippen LogP contribution >= 0.6 is 11.3 Å². The maximum absolute atomic E-state index is 12.7. The zero-order chi connectivity index (χ0) is 19.1. The molecule has 27 heavy (non-hydrogen) atoms. The number of hydrogen-bond donors (Lipinski definition) is 2. The molecule has 0 spiro atoms. The number of carboxylic acids is 1. The second-order valence-corrected chi connectivity index (χ2v) is 7.55. The Hall–Kier alpha value is -2.97. The summed E-state index contributed by atoms with van der Waals surface area (Å²) in [7, 11) is 1.96. The first-order valence-electron chi connectivity index (χ1n) is 8.34. The minimum atomic E-state index is -1.09. The molecule has 0 bridgehead atoms. The van der Waals surface area contributed by atoms with Crippen molar-refractivity contribution in [3.63, 3.8) is 0 Å². The van der Waals surface area contributed by atoms with Crippen LogP contribution in [0.1, 0.15) is 31.2 Å². The SMILES string of the molecule is CN1CCc2c(sc(NC(=O)c3cc4ccccc4oc3=O)c2C(=O)O)C1. The number of hydrogen-bond acceptors (Lipinski definition) is 6. The standard InChI is InChI=1S/C19H16N2O5S/c1-21-7-6-11-14(9-21)27-17(15(11)18(23)24)20-16(22)12-8-10-4-2-3-5-13(10)26-19(12)25/h2-5,8H,6-7,9H2,1H3,(H,20,22)(H,23,24). The van der Waals surface area contributed by atoms with Gasteiger partial charge in [-0.3, -0.25) is 4.79 Å². The molecule has 0 fully saturated rings. The van der Waals surface area contributed by atoms with Crippen LogP contribution in [0.25, 0.3) is 11.0 Å². The lowest BCUT2D eigenvalue weighted by atomic mass is 10.0. The van der Waals surface area contributed by atoms with Crippen LogP contribution < -0.4 is 10.9 Å². The maximum atomic E-state index is 12.7. The molecule has 138 valence electrons. The van der Waals surface area contributed by atoms with Crippen LogP contribution in [-0.2, 0) is 13.0 Å². The number of fused-ring (bicyclic) bond motifs is 2. The van der Waals surface area contributed by atoms with Gasteiger partial charge >= 0.3 is 11.6 Å². The van der Waals surface area contributed by atoms with Crippen LogP contribution in [0.5, 0.6) is 0 Å². The van der Waals surface area contributed by atoms with E-state index < -0.39 is 17.5 Å². The van der Waals surface area contributed by atoms with Crippen molar-refractivity contribution in [1.29, 1.82) is 0 Å². The quantitative estimate of drug-likeness (QED) is 0.674. The van der Waals surface area contributed by atoms with Gasteiger partial charge in [-0.1, -0.05) is 18.2 Å². The molecule has 0 saturated carbocycles. The summed E-state index contributed by atoms with van der Waals surface area (Å²) < 4.78 is 5.19. The van der Waals surface area contributed by atoms with Crippen molar-refractivity contribution in [2.24, 2.45) is 0 Å². The Labute approximate surface area is 157 Å². The van der Waals surface area contributed by atoms with Crippen LogP contribution in [0.2, 0.25) is 0 Å². The van der Waals surface area contributed by atoms with Gasteiger partial charge in [0, 0.05) is 23.4 Å². The minimum absolute atomic E-state index is 0.113. The Bertz CT molecular complexity index is 1130. The Balaban J connectivity index is 1.72. The first kappa shape index (κ1) is 17.4. The normalized spacial score (nSPS) is 14.1. The molecule has 0 aliphatic carbocycles. The largest absolute Gasteiger partial charge is 0.478 e. The molecule has 1 aromatic carbocycles. The molecule has 7 nitrogen and oxygen atoms in total. The minimum Gasteiger partial charge on any atom is -0.478 e. The lowest BCUT2D eigenvalue weighted by molar-refractivity contribution is 0.0696. The number of anilines is 1. The Morgan fingerprint density at radius 2 is 2.07 bits per heavy atom. The van der Waals surface area contributed by atoms with E-state index in [1.165, 1.54) is 17.4 Å². The summed E-state index contributed by atoms with van der Waals surface area (Å²) >= 11 is 1.24. The number of carboxylic acid groups (broad SMARTS) is 1. The van der Waals surface area contributed by atoms with Crippen molar-refractivity contribution in [2.45, 2.75) is 13.0 Å². The number of rotatable bonds is 3. The van der Waals surface area contributed by atoms with E-state index in [-0.39, 0.29) is 16.1 Å². The molecule has 2 N–H and O–H groups in total. The Morgan fingerprint density at radius 3 is 2.85 bits per heavy atom. The van der Waals surface area contributed by atoms with Gasteiger partial charge in [0.1, 0.15) is 16.1 Å². The number of benzene rings is 1. The van der Waals surface area contributed by atoms with Gasteiger partial charge in [0.05, 0.1) is 5.56 Å². The summed E-state index contributed by atoms with van der Waals surface area (Å²) in [5.74, 6) is -1.76. The predicted octanol–water partition coefficient (Wildman–Crippen LogP) is 2.79. The third kappa shape index (κ3) is 3.13. The smallest absolute Gasteiger partial charge is 0.349 e. The lowest BCUT2D eigenvalue weighted by Gasteiger charge is -2.22.